The molecule has 0 fully saturated rings. The number of carbonyl (C=O) groups excluding carboxylic acids is 1. The van der Waals surface area contributed by atoms with Crippen molar-refractivity contribution in [2.24, 2.45) is 5.73 Å². The van der Waals surface area contributed by atoms with Gasteiger partial charge in [0, 0.05) is 19.5 Å². The Morgan fingerprint density at radius 3 is 2.60 bits per heavy atom. The van der Waals surface area contributed by atoms with Crippen molar-refractivity contribution in [2.75, 3.05) is 13.1 Å². The first-order chi connectivity index (χ1) is 7.31. The highest BCUT2D eigenvalue weighted by molar-refractivity contribution is 5.75. The molecular weight excluding hydrogens is 188 g/mol. The van der Waals surface area contributed by atoms with Gasteiger partial charge in [-0.2, -0.15) is 0 Å². The second kappa shape index (κ2) is 11.2. The lowest BCUT2D eigenvalue weighted by molar-refractivity contribution is -0.121. The molecule has 3 N–H and O–H groups in total. The summed E-state index contributed by atoms with van der Waals surface area (Å²) < 4.78 is 0. The van der Waals surface area contributed by atoms with Gasteiger partial charge in [0.25, 0.3) is 0 Å². The van der Waals surface area contributed by atoms with Crippen LogP contribution in [0.15, 0.2) is 12.2 Å². The summed E-state index contributed by atoms with van der Waals surface area (Å²) in [7, 11) is 0. The topological polar surface area (TPSA) is 55.1 Å². The van der Waals surface area contributed by atoms with Crippen LogP contribution < -0.4 is 11.1 Å². The van der Waals surface area contributed by atoms with Gasteiger partial charge in [-0.05, 0) is 6.42 Å². The minimum Gasteiger partial charge on any atom is -0.353 e. The minimum absolute atomic E-state index is 0.146. The van der Waals surface area contributed by atoms with Crippen molar-refractivity contribution in [3.8, 4) is 0 Å². The van der Waals surface area contributed by atoms with Crippen LogP contribution in [0.25, 0.3) is 0 Å². The van der Waals surface area contributed by atoms with E-state index in [0.717, 1.165) is 6.42 Å². The summed E-state index contributed by atoms with van der Waals surface area (Å²) in [5.74, 6) is 0.146. The molecule has 0 aromatic heterocycles. The molecule has 15 heavy (non-hydrogen) atoms. The number of hydrogen-bond donors (Lipinski definition) is 2. The maximum absolute atomic E-state index is 11.3. The predicted octanol–water partition coefficient (Wildman–Crippen LogP) is 1.98. The van der Waals surface area contributed by atoms with Crippen LogP contribution in [0.5, 0.6) is 0 Å². The van der Waals surface area contributed by atoms with Gasteiger partial charge in [-0.15, -0.1) is 0 Å². The number of rotatable bonds is 9. The third-order valence-corrected chi connectivity index (χ3v) is 2.23. The summed E-state index contributed by atoms with van der Waals surface area (Å²) in [6, 6.07) is 0. The molecule has 3 heteroatoms. The smallest absolute Gasteiger partial charge is 0.220 e. The Bertz CT molecular complexity index is 178. The van der Waals surface area contributed by atoms with Gasteiger partial charge in [0.05, 0.1) is 0 Å². The average molecular weight is 212 g/mol. The molecule has 0 saturated heterocycles. The van der Waals surface area contributed by atoms with Crippen LogP contribution in [0.1, 0.15) is 45.4 Å². The van der Waals surface area contributed by atoms with E-state index < -0.39 is 0 Å². The van der Waals surface area contributed by atoms with Crippen molar-refractivity contribution >= 4 is 5.91 Å². The minimum atomic E-state index is 0.146. The fourth-order valence-corrected chi connectivity index (χ4v) is 1.33. The molecule has 0 spiro atoms. The molecule has 0 aliphatic carbocycles. The predicted molar refractivity (Wildman–Crippen MR) is 64.6 cm³/mol. The normalized spacial score (nSPS) is 10.8. The number of unbranched alkanes of at least 4 members (excludes halogenated alkanes) is 4. The molecule has 0 aliphatic rings. The van der Waals surface area contributed by atoms with Gasteiger partial charge in [-0.1, -0.05) is 44.8 Å². The first-order valence-electron chi connectivity index (χ1n) is 5.93. The Labute approximate surface area is 93.1 Å². The number of nitrogens with one attached hydrogen (secondary N) is 1. The lowest BCUT2D eigenvalue weighted by Gasteiger charge is -2.02. The van der Waals surface area contributed by atoms with Gasteiger partial charge in [0.1, 0.15) is 0 Å². The summed E-state index contributed by atoms with van der Waals surface area (Å²) in [5.41, 5.74) is 5.27. The van der Waals surface area contributed by atoms with Crippen molar-refractivity contribution < 1.29 is 4.79 Å². The second-order valence-corrected chi connectivity index (χ2v) is 3.68. The third-order valence-electron chi connectivity index (χ3n) is 2.23. The molecule has 0 atom stereocenters. The Hall–Kier alpha value is -0.830. The number of hydrogen-bond acceptors (Lipinski definition) is 2. The number of amides is 1. The summed E-state index contributed by atoms with van der Waals surface area (Å²) in [5, 5.41) is 2.83. The van der Waals surface area contributed by atoms with Gasteiger partial charge < -0.3 is 11.1 Å². The molecule has 0 rings (SSSR count). The summed E-state index contributed by atoms with van der Waals surface area (Å²) in [6.07, 6.45) is 10.3. The molecule has 0 bridgehead atoms. The van der Waals surface area contributed by atoms with Crippen molar-refractivity contribution in [3.05, 3.63) is 12.2 Å². The van der Waals surface area contributed by atoms with Crippen LogP contribution >= 0.6 is 0 Å². The Morgan fingerprint density at radius 1 is 1.20 bits per heavy atom. The first kappa shape index (κ1) is 14.2. The molecular formula is C12H24N2O. The van der Waals surface area contributed by atoms with E-state index in [9.17, 15) is 4.79 Å². The zero-order valence-electron chi connectivity index (χ0n) is 9.80. The standard InChI is InChI=1S/C12H24N2O/c1-2-3-4-5-6-9-12(15)14-11-8-7-10-13/h7-8H,2-6,9-11,13H2,1H3,(H,14,15)/b8-7+. The van der Waals surface area contributed by atoms with Crippen LogP contribution in [0, 0.1) is 0 Å². The van der Waals surface area contributed by atoms with Crippen LogP contribution in [-0.2, 0) is 4.79 Å². The van der Waals surface area contributed by atoms with Crippen LogP contribution in [0.4, 0.5) is 0 Å². The molecule has 0 heterocycles. The van der Waals surface area contributed by atoms with E-state index in [4.69, 9.17) is 5.73 Å². The summed E-state index contributed by atoms with van der Waals surface area (Å²) >= 11 is 0. The molecule has 3 nitrogen and oxygen atoms in total. The van der Waals surface area contributed by atoms with Gasteiger partial charge >= 0.3 is 0 Å². The molecule has 0 unspecified atom stereocenters. The van der Waals surface area contributed by atoms with Crippen molar-refractivity contribution in [2.45, 2.75) is 45.4 Å². The third kappa shape index (κ3) is 11.1. The van der Waals surface area contributed by atoms with Crippen LogP contribution in [0.3, 0.4) is 0 Å². The first-order valence-corrected chi connectivity index (χ1v) is 5.93. The quantitative estimate of drug-likeness (QED) is 0.453. The van der Waals surface area contributed by atoms with Crippen LogP contribution in [0.2, 0.25) is 0 Å². The highest BCUT2D eigenvalue weighted by Crippen LogP contribution is 2.04. The largest absolute Gasteiger partial charge is 0.353 e. The molecule has 1 amide bonds. The lowest BCUT2D eigenvalue weighted by Crippen LogP contribution is -2.22. The van der Waals surface area contributed by atoms with E-state index in [1.165, 1.54) is 25.7 Å². The SMILES string of the molecule is CCCCCCCC(=O)NC/C=C/CN. The van der Waals surface area contributed by atoms with Gasteiger partial charge in [-0.25, -0.2) is 0 Å². The number of nitrogens with two attached hydrogens (primary N) is 1. The Morgan fingerprint density at radius 2 is 1.93 bits per heavy atom. The van der Waals surface area contributed by atoms with Crippen LogP contribution in [-0.4, -0.2) is 19.0 Å². The molecule has 0 saturated carbocycles. The fraction of sp³-hybridized carbons (Fsp3) is 0.750. The van der Waals surface area contributed by atoms with E-state index in [0.29, 0.717) is 19.5 Å². The highest BCUT2D eigenvalue weighted by atomic mass is 16.1. The average Bonchev–Trinajstić information content (AvgIpc) is 2.24. The van der Waals surface area contributed by atoms with E-state index in [-0.39, 0.29) is 5.91 Å². The van der Waals surface area contributed by atoms with E-state index in [2.05, 4.69) is 12.2 Å². The van der Waals surface area contributed by atoms with E-state index >= 15 is 0 Å². The molecule has 0 radical (unpaired) electrons. The second-order valence-electron chi connectivity index (χ2n) is 3.68. The Kier molecular flexibility index (Phi) is 10.6. The summed E-state index contributed by atoms with van der Waals surface area (Å²) in [4.78, 5) is 11.3. The van der Waals surface area contributed by atoms with E-state index in [1.54, 1.807) is 0 Å². The fourth-order valence-electron chi connectivity index (χ4n) is 1.33. The van der Waals surface area contributed by atoms with E-state index in [1.807, 2.05) is 12.2 Å². The summed E-state index contributed by atoms with van der Waals surface area (Å²) in [6.45, 7) is 3.33. The zero-order chi connectivity index (χ0) is 11.4. The lowest BCUT2D eigenvalue weighted by atomic mass is 10.1. The van der Waals surface area contributed by atoms with Crippen molar-refractivity contribution in [3.63, 3.8) is 0 Å². The van der Waals surface area contributed by atoms with Gasteiger partial charge in [0.2, 0.25) is 5.91 Å². The molecule has 0 aromatic carbocycles. The van der Waals surface area contributed by atoms with Gasteiger partial charge in [-0.3, -0.25) is 4.79 Å². The number of carbonyl (C=O) groups is 1. The maximum Gasteiger partial charge on any atom is 0.220 e. The monoisotopic (exact) mass is 212 g/mol. The molecule has 0 aromatic rings. The van der Waals surface area contributed by atoms with Crippen molar-refractivity contribution in [1.29, 1.82) is 0 Å². The maximum atomic E-state index is 11.3. The molecule has 0 aliphatic heterocycles. The highest BCUT2D eigenvalue weighted by Gasteiger charge is 1.98. The van der Waals surface area contributed by atoms with Crippen molar-refractivity contribution in [1.82, 2.24) is 5.32 Å². The molecule has 88 valence electrons. The van der Waals surface area contributed by atoms with Gasteiger partial charge in [0.15, 0.2) is 0 Å². The zero-order valence-corrected chi connectivity index (χ0v) is 9.80. The Balaban J connectivity index is 3.22.